The first-order chi connectivity index (χ1) is 13.7. The lowest BCUT2D eigenvalue weighted by molar-refractivity contribution is 0.143. The van der Waals surface area contributed by atoms with Crippen LogP contribution >= 0.6 is 11.3 Å². The number of hydrogen-bond acceptors (Lipinski definition) is 3. The largest absolute Gasteiger partial charge is 0.449 e. The number of alkyl carbamates (subject to hydrolysis) is 1. The maximum Gasteiger partial charge on any atom is 0.407 e. The Kier molecular flexibility index (Phi) is 5.45. The summed E-state index contributed by atoms with van der Waals surface area (Å²) in [5.74, 6) is 6.31. The Bertz CT molecular complexity index is 1010. The quantitative estimate of drug-likeness (QED) is 0.485. The summed E-state index contributed by atoms with van der Waals surface area (Å²) in [6.07, 6.45) is 0.204. The molecule has 0 aliphatic heterocycles. The van der Waals surface area contributed by atoms with Crippen LogP contribution in [0.15, 0.2) is 60.0 Å². The van der Waals surface area contributed by atoms with Gasteiger partial charge in [-0.2, -0.15) is 0 Å². The average molecular weight is 388 g/mol. The Morgan fingerprint density at radius 2 is 1.75 bits per heavy atom. The van der Waals surface area contributed by atoms with Crippen molar-refractivity contribution in [1.82, 2.24) is 5.32 Å². The SMILES string of the molecule is Cc1sccc1C#CCCNC(=O)OCC1c2ccccc2-c2ccccc21. The molecule has 140 valence electrons. The number of ether oxygens (including phenoxy) is 1. The molecular formula is C24H21NO2S. The van der Waals surface area contributed by atoms with Crippen LogP contribution in [-0.4, -0.2) is 19.2 Å². The molecular weight excluding hydrogens is 366 g/mol. The van der Waals surface area contributed by atoms with E-state index < -0.39 is 6.09 Å². The summed E-state index contributed by atoms with van der Waals surface area (Å²) in [4.78, 5) is 13.3. The lowest BCUT2D eigenvalue weighted by atomic mass is 9.98. The second-order valence-electron chi connectivity index (χ2n) is 6.69. The van der Waals surface area contributed by atoms with Crippen LogP contribution < -0.4 is 5.32 Å². The van der Waals surface area contributed by atoms with Gasteiger partial charge in [0.05, 0.1) is 0 Å². The van der Waals surface area contributed by atoms with E-state index in [-0.39, 0.29) is 5.92 Å². The minimum atomic E-state index is -0.393. The summed E-state index contributed by atoms with van der Waals surface area (Å²) in [5.41, 5.74) is 5.95. The highest BCUT2D eigenvalue weighted by molar-refractivity contribution is 7.10. The Morgan fingerprint density at radius 1 is 1.07 bits per heavy atom. The third kappa shape index (κ3) is 3.81. The van der Waals surface area contributed by atoms with Gasteiger partial charge >= 0.3 is 6.09 Å². The van der Waals surface area contributed by atoms with Crippen molar-refractivity contribution < 1.29 is 9.53 Å². The number of thiophene rings is 1. The number of amides is 1. The minimum absolute atomic E-state index is 0.0829. The summed E-state index contributed by atoms with van der Waals surface area (Å²) in [7, 11) is 0. The molecule has 4 heteroatoms. The van der Waals surface area contributed by atoms with Crippen LogP contribution in [0.1, 0.15) is 33.9 Å². The molecule has 3 nitrogen and oxygen atoms in total. The second-order valence-corrected chi connectivity index (χ2v) is 7.81. The van der Waals surface area contributed by atoms with Crippen molar-refractivity contribution in [3.05, 3.63) is 81.5 Å². The molecule has 0 spiro atoms. The van der Waals surface area contributed by atoms with E-state index in [1.54, 1.807) is 11.3 Å². The smallest absolute Gasteiger partial charge is 0.407 e. The number of aryl methyl sites for hydroxylation is 1. The van der Waals surface area contributed by atoms with Crippen LogP contribution in [0.2, 0.25) is 0 Å². The molecule has 1 aromatic heterocycles. The van der Waals surface area contributed by atoms with E-state index in [4.69, 9.17) is 4.74 Å². The third-order valence-corrected chi connectivity index (χ3v) is 5.79. The predicted molar refractivity (Wildman–Crippen MR) is 114 cm³/mol. The Balaban J connectivity index is 1.31. The van der Waals surface area contributed by atoms with Gasteiger partial charge in [-0.05, 0) is 40.6 Å². The molecule has 0 radical (unpaired) electrons. The Morgan fingerprint density at radius 3 is 2.39 bits per heavy atom. The van der Waals surface area contributed by atoms with Gasteiger partial charge in [-0.15, -0.1) is 11.3 Å². The van der Waals surface area contributed by atoms with E-state index >= 15 is 0 Å². The van der Waals surface area contributed by atoms with Gasteiger partial charge in [-0.1, -0.05) is 60.4 Å². The average Bonchev–Trinajstić information content (AvgIpc) is 3.27. The van der Waals surface area contributed by atoms with E-state index in [0.29, 0.717) is 19.6 Å². The fourth-order valence-electron chi connectivity index (χ4n) is 3.55. The highest BCUT2D eigenvalue weighted by Crippen LogP contribution is 2.44. The monoisotopic (exact) mass is 387 g/mol. The summed E-state index contributed by atoms with van der Waals surface area (Å²) < 4.78 is 5.51. The maximum absolute atomic E-state index is 12.1. The number of carbonyl (C=O) groups is 1. The van der Waals surface area contributed by atoms with Crippen molar-refractivity contribution >= 4 is 17.4 Å². The zero-order valence-electron chi connectivity index (χ0n) is 15.7. The van der Waals surface area contributed by atoms with Crippen molar-refractivity contribution in [3.8, 4) is 23.0 Å². The molecule has 3 aromatic rings. The van der Waals surface area contributed by atoms with Crippen molar-refractivity contribution in [2.24, 2.45) is 0 Å². The molecule has 0 saturated heterocycles. The van der Waals surface area contributed by atoms with Crippen LogP contribution in [0.25, 0.3) is 11.1 Å². The van der Waals surface area contributed by atoms with Gasteiger partial charge in [0.25, 0.3) is 0 Å². The second kappa shape index (κ2) is 8.33. The minimum Gasteiger partial charge on any atom is -0.449 e. The highest BCUT2D eigenvalue weighted by atomic mass is 32.1. The molecule has 1 aliphatic rings. The molecule has 0 bridgehead atoms. The van der Waals surface area contributed by atoms with Crippen LogP contribution in [0.3, 0.4) is 0 Å². The molecule has 4 rings (SSSR count). The third-order valence-electron chi connectivity index (χ3n) is 4.94. The summed E-state index contributed by atoms with van der Waals surface area (Å²) >= 11 is 1.69. The number of fused-ring (bicyclic) bond motifs is 3. The van der Waals surface area contributed by atoms with Crippen LogP contribution in [0.4, 0.5) is 4.79 Å². The molecule has 2 aromatic carbocycles. The molecule has 0 atom stereocenters. The fraction of sp³-hybridized carbons (Fsp3) is 0.208. The van der Waals surface area contributed by atoms with Crippen molar-refractivity contribution in [1.29, 1.82) is 0 Å². The summed E-state index contributed by atoms with van der Waals surface area (Å²) in [6, 6.07) is 18.7. The van der Waals surface area contributed by atoms with Gasteiger partial charge in [0.15, 0.2) is 0 Å². The molecule has 1 heterocycles. The lowest BCUT2D eigenvalue weighted by Gasteiger charge is -2.14. The van der Waals surface area contributed by atoms with Gasteiger partial charge in [0.2, 0.25) is 0 Å². The van der Waals surface area contributed by atoms with Crippen LogP contribution in [-0.2, 0) is 4.74 Å². The van der Waals surface area contributed by atoms with E-state index in [0.717, 1.165) is 5.56 Å². The van der Waals surface area contributed by atoms with E-state index in [2.05, 4.69) is 48.3 Å². The van der Waals surface area contributed by atoms with E-state index in [1.807, 2.05) is 35.7 Å². The van der Waals surface area contributed by atoms with E-state index in [9.17, 15) is 4.79 Å². The van der Waals surface area contributed by atoms with Crippen molar-refractivity contribution in [3.63, 3.8) is 0 Å². The molecule has 1 N–H and O–H groups in total. The maximum atomic E-state index is 12.1. The molecule has 0 saturated carbocycles. The fourth-order valence-corrected chi connectivity index (χ4v) is 4.20. The predicted octanol–water partition coefficient (Wildman–Crippen LogP) is 5.34. The first-order valence-electron chi connectivity index (χ1n) is 9.36. The number of nitrogens with one attached hydrogen (secondary N) is 1. The first kappa shape index (κ1) is 18.3. The summed E-state index contributed by atoms with van der Waals surface area (Å²) in [5, 5.41) is 4.82. The van der Waals surface area contributed by atoms with Gasteiger partial charge in [0.1, 0.15) is 6.61 Å². The van der Waals surface area contributed by atoms with Crippen LogP contribution in [0.5, 0.6) is 0 Å². The highest BCUT2D eigenvalue weighted by Gasteiger charge is 2.28. The van der Waals surface area contributed by atoms with Gasteiger partial charge in [-0.3, -0.25) is 0 Å². The van der Waals surface area contributed by atoms with Gasteiger partial charge in [0, 0.05) is 29.3 Å². The zero-order valence-corrected chi connectivity index (χ0v) is 16.5. The topological polar surface area (TPSA) is 38.3 Å². The van der Waals surface area contributed by atoms with Gasteiger partial charge in [-0.25, -0.2) is 4.79 Å². The van der Waals surface area contributed by atoms with E-state index in [1.165, 1.54) is 27.1 Å². The first-order valence-corrected chi connectivity index (χ1v) is 10.2. The van der Waals surface area contributed by atoms with Crippen molar-refractivity contribution in [2.75, 3.05) is 13.2 Å². The number of carbonyl (C=O) groups excluding carboxylic acids is 1. The standard InChI is InChI=1S/C24H21NO2S/c1-17-18(13-15-28-17)8-6-7-14-25-24(26)27-16-23-21-11-4-2-9-19(21)20-10-3-5-12-22(20)23/h2-5,9-13,15,23H,7,14,16H2,1H3,(H,25,26). The molecule has 0 unspecified atom stereocenters. The Hall–Kier alpha value is -3.03. The lowest BCUT2D eigenvalue weighted by Crippen LogP contribution is -2.26. The van der Waals surface area contributed by atoms with Crippen LogP contribution in [0, 0.1) is 18.8 Å². The van der Waals surface area contributed by atoms with Gasteiger partial charge < -0.3 is 10.1 Å². The number of benzene rings is 2. The molecule has 28 heavy (non-hydrogen) atoms. The number of hydrogen-bond donors (Lipinski definition) is 1. The molecule has 1 aliphatic carbocycles. The number of rotatable bonds is 4. The normalized spacial score (nSPS) is 11.9. The zero-order chi connectivity index (χ0) is 19.3. The molecule has 0 fully saturated rings. The summed E-state index contributed by atoms with van der Waals surface area (Å²) in [6.45, 7) is 2.87. The van der Waals surface area contributed by atoms with Crippen molar-refractivity contribution in [2.45, 2.75) is 19.3 Å². The Labute approximate surface area is 169 Å². The molecule has 1 amide bonds.